The summed E-state index contributed by atoms with van der Waals surface area (Å²) in [5, 5.41) is 10.7. The topological polar surface area (TPSA) is 72.8 Å². The molecule has 27 heavy (non-hydrogen) atoms. The zero-order valence-electron chi connectivity index (χ0n) is 14.8. The molecule has 4 aliphatic rings. The number of aliphatic hydroxyl groups is 1. The summed E-state index contributed by atoms with van der Waals surface area (Å²) in [5.41, 5.74) is -1.18. The molecule has 5 nitrogen and oxygen atoms in total. The molecule has 4 bridgehead atoms. The van der Waals surface area contributed by atoms with Crippen LogP contribution in [0.3, 0.4) is 0 Å². The molecule has 146 valence electrons. The van der Waals surface area contributed by atoms with Gasteiger partial charge in [-0.2, -0.15) is 8.78 Å². The highest BCUT2D eigenvalue weighted by Gasteiger charge is 2.60. The van der Waals surface area contributed by atoms with Crippen molar-refractivity contribution in [3.05, 3.63) is 29.8 Å². The number of ether oxygens (including phenoxy) is 2. The molecular formula is C20H22F2O5. The SMILES string of the molecule is O=C(COC(=O)C12C[C@H]3C[C@@H](CC(O)(C3)C1)C2)c1ccc(OC(F)F)cc1. The van der Waals surface area contributed by atoms with Gasteiger partial charge >= 0.3 is 12.6 Å². The number of Topliss-reactive ketones (excluding diaryl/α,β-unsaturated/α-hetero) is 1. The second-order valence-electron chi connectivity index (χ2n) is 8.37. The van der Waals surface area contributed by atoms with Crippen molar-refractivity contribution in [3.63, 3.8) is 0 Å². The van der Waals surface area contributed by atoms with Gasteiger partial charge in [0, 0.05) is 5.56 Å². The van der Waals surface area contributed by atoms with Gasteiger partial charge in [0.15, 0.2) is 12.4 Å². The fourth-order valence-corrected chi connectivity index (χ4v) is 5.64. The van der Waals surface area contributed by atoms with Crippen LogP contribution in [0.5, 0.6) is 5.75 Å². The molecule has 4 aliphatic carbocycles. The zero-order valence-corrected chi connectivity index (χ0v) is 14.8. The van der Waals surface area contributed by atoms with Crippen LogP contribution in [-0.4, -0.2) is 35.7 Å². The third kappa shape index (κ3) is 3.57. The van der Waals surface area contributed by atoms with Crippen LogP contribution in [0.1, 0.15) is 48.9 Å². The number of benzene rings is 1. The number of hydrogen-bond donors (Lipinski definition) is 1. The summed E-state index contributed by atoms with van der Waals surface area (Å²) < 4.78 is 33.9. The Kier molecular flexibility index (Phi) is 4.45. The predicted molar refractivity (Wildman–Crippen MR) is 90.4 cm³/mol. The summed E-state index contributed by atoms with van der Waals surface area (Å²) in [7, 11) is 0. The van der Waals surface area contributed by atoms with Gasteiger partial charge in [-0.1, -0.05) is 0 Å². The molecule has 4 fully saturated rings. The summed E-state index contributed by atoms with van der Waals surface area (Å²) in [6, 6.07) is 5.27. The molecule has 7 heteroatoms. The lowest BCUT2D eigenvalue weighted by Crippen LogP contribution is -2.58. The van der Waals surface area contributed by atoms with E-state index in [0.29, 0.717) is 18.3 Å². The van der Waals surface area contributed by atoms with E-state index in [-0.39, 0.29) is 11.3 Å². The van der Waals surface area contributed by atoms with E-state index < -0.39 is 36.0 Å². The second kappa shape index (κ2) is 6.55. The monoisotopic (exact) mass is 380 g/mol. The smallest absolute Gasteiger partial charge is 0.387 e. The molecule has 0 unspecified atom stereocenters. The second-order valence-corrected chi connectivity index (χ2v) is 8.37. The van der Waals surface area contributed by atoms with Crippen LogP contribution in [0.25, 0.3) is 0 Å². The lowest BCUT2D eigenvalue weighted by atomic mass is 9.48. The number of alkyl halides is 2. The highest BCUT2D eigenvalue weighted by molar-refractivity contribution is 5.98. The molecule has 0 heterocycles. The zero-order chi connectivity index (χ0) is 19.2. The van der Waals surface area contributed by atoms with E-state index >= 15 is 0 Å². The average molecular weight is 380 g/mol. The van der Waals surface area contributed by atoms with Gasteiger partial charge in [-0.15, -0.1) is 0 Å². The first-order valence-corrected chi connectivity index (χ1v) is 9.25. The molecular weight excluding hydrogens is 358 g/mol. The van der Waals surface area contributed by atoms with Crippen molar-refractivity contribution in [2.24, 2.45) is 17.3 Å². The van der Waals surface area contributed by atoms with Crippen LogP contribution >= 0.6 is 0 Å². The van der Waals surface area contributed by atoms with Crippen molar-refractivity contribution in [1.29, 1.82) is 0 Å². The van der Waals surface area contributed by atoms with Gasteiger partial charge in [0.1, 0.15) is 5.75 Å². The minimum absolute atomic E-state index is 0.0413. The Bertz CT molecular complexity index is 731. The van der Waals surface area contributed by atoms with Crippen molar-refractivity contribution in [1.82, 2.24) is 0 Å². The Balaban J connectivity index is 1.37. The summed E-state index contributed by atoms with van der Waals surface area (Å²) in [5.74, 6) is -0.152. The lowest BCUT2D eigenvalue weighted by molar-refractivity contribution is -0.195. The number of rotatable bonds is 6. The summed E-state index contributed by atoms with van der Waals surface area (Å²) in [4.78, 5) is 25.0. The molecule has 5 rings (SSSR count). The first-order chi connectivity index (χ1) is 12.8. The number of carbonyl (C=O) groups excluding carboxylic acids is 2. The molecule has 1 aromatic carbocycles. The van der Waals surface area contributed by atoms with Gasteiger partial charge in [-0.25, -0.2) is 0 Å². The highest BCUT2D eigenvalue weighted by Crippen LogP contribution is 2.61. The number of ketones is 1. The molecule has 4 saturated carbocycles. The van der Waals surface area contributed by atoms with Crippen LogP contribution in [0.4, 0.5) is 8.78 Å². The molecule has 0 saturated heterocycles. The average Bonchev–Trinajstić information content (AvgIpc) is 2.57. The molecule has 0 radical (unpaired) electrons. The maximum atomic E-state index is 12.8. The van der Waals surface area contributed by atoms with Gasteiger partial charge in [0.25, 0.3) is 0 Å². The molecule has 0 aromatic heterocycles. The van der Waals surface area contributed by atoms with E-state index in [4.69, 9.17) is 4.74 Å². The molecule has 0 spiro atoms. The fourth-order valence-electron chi connectivity index (χ4n) is 5.64. The summed E-state index contributed by atoms with van der Waals surface area (Å²) >= 11 is 0. The number of esters is 1. The normalized spacial score (nSPS) is 33.9. The molecule has 1 aromatic rings. The van der Waals surface area contributed by atoms with Crippen LogP contribution in [0, 0.1) is 17.3 Å². The van der Waals surface area contributed by atoms with Gasteiger partial charge < -0.3 is 14.6 Å². The first-order valence-electron chi connectivity index (χ1n) is 9.25. The maximum Gasteiger partial charge on any atom is 0.387 e. The lowest BCUT2D eigenvalue weighted by Gasteiger charge is -2.58. The number of halogens is 2. The Morgan fingerprint density at radius 1 is 1.11 bits per heavy atom. The Labute approximate surface area is 155 Å². The van der Waals surface area contributed by atoms with Crippen LogP contribution < -0.4 is 4.74 Å². The van der Waals surface area contributed by atoms with E-state index in [0.717, 1.165) is 32.1 Å². The van der Waals surface area contributed by atoms with Gasteiger partial charge in [-0.3, -0.25) is 9.59 Å². The van der Waals surface area contributed by atoms with Crippen LogP contribution in [0.2, 0.25) is 0 Å². The Morgan fingerprint density at radius 3 is 2.30 bits per heavy atom. The van der Waals surface area contributed by atoms with E-state index in [1.807, 2.05) is 0 Å². The van der Waals surface area contributed by atoms with E-state index in [1.165, 1.54) is 24.3 Å². The predicted octanol–water partition coefficient (Wildman–Crippen LogP) is 3.35. The fraction of sp³-hybridized carbons (Fsp3) is 0.600. The number of carbonyl (C=O) groups is 2. The van der Waals surface area contributed by atoms with Crippen molar-refractivity contribution in [3.8, 4) is 5.75 Å². The van der Waals surface area contributed by atoms with Crippen LogP contribution in [0.15, 0.2) is 24.3 Å². The van der Waals surface area contributed by atoms with Gasteiger partial charge in [-0.05, 0) is 74.6 Å². The summed E-state index contributed by atoms with van der Waals surface area (Å²) in [6.45, 7) is -3.33. The van der Waals surface area contributed by atoms with E-state index in [1.54, 1.807) is 0 Å². The minimum Gasteiger partial charge on any atom is -0.457 e. The van der Waals surface area contributed by atoms with Gasteiger partial charge in [0.2, 0.25) is 0 Å². The van der Waals surface area contributed by atoms with E-state index in [9.17, 15) is 23.5 Å². The molecule has 0 amide bonds. The largest absolute Gasteiger partial charge is 0.457 e. The first kappa shape index (κ1) is 18.3. The summed E-state index contributed by atoms with van der Waals surface area (Å²) in [6.07, 6.45) is 4.43. The molecule has 2 atom stereocenters. The van der Waals surface area contributed by atoms with Crippen molar-refractivity contribution in [2.75, 3.05) is 6.61 Å². The number of hydrogen-bond acceptors (Lipinski definition) is 5. The van der Waals surface area contributed by atoms with Crippen molar-refractivity contribution in [2.45, 2.75) is 50.7 Å². The van der Waals surface area contributed by atoms with Gasteiger partial charge in [0.05, 0.1) is 11.0 Å². The standard InChI is InChI=1S/C20H22F2O5/c21-18(22)27-15-3-1-14(2-4-15)16(23)10-26-17(24)19-6-12-5-13(7-19)9-20(25,8-12)11-19/h1-4,12-13,18,25H,5-11H2/t12-,13-,19?,20?/m1/s1. The molecule has 1 N–H and O–H groups in total. The quantitative estimate of drug-likeness (QED) is 0.605. The maximum absolute atomic E-state index is 12.8. The van der Waals surface area contributed by atoms with Crippen molar-refractivity contribution < 1.29 is 33.0 Å². The third-order valence-electron chi connectivity index (χ3n) is 6.20. The Hall–Kier alpha value is -2.02. The van der Waals surface area contributed by atoms with Crippen LogP contribution in [-0.2, 0) is 9.53 Å². The highest BCUT2D eigenvalue weighted by atomic mass is 19.3. The van der Waals surface area contributed by atoms with Crippen molar-refractivity contribution >= 4 is 11.8 Å². The third-order valence-corrected chi connectivity index (χ3v) is 6.20. The van der Waals surface area contributed by atoms with E-state index in [2.05, 4.69) is 4.74 Å². The molecule has 0 aliphatic heterocycles. The Morgan fingerprint density at radius 2 is 1.74 bits per heavy atom. The minimum atomic E-state index is -2.93.